The van der Waals surface area contributed by atoms with E-state index in [1.165, 1.54) is 6.42 Å². The number of aliphatic hydroxyl groups excluding tert-OH is 2. The number of esters is 2. The molecule has 2 rings (SSSR count). The van der Waals surface area contributed by atoms with Crippen molar-refractivity contribution in [3.63, 3.8) is 0 Å². The molecule has 26 heavy (non-hydrogen) atoms. The van der Waals surface area contributed by atoms with Crippen LogP contribution in [0.2, 0.25) is 0 Å². The Morgan fingerprint density at radius 2 is 1.23 bits per heavy atom. The van der Waals surface area contributed by atoms with E-state index in [9.17, 15) is 9.59 Å². The van der Waals surface area contributed by atoms with Crippen LogP contribution in [0.1, 0.15) is 64.2 Å². The third kappa shape index (κ3) is 4.18. The van der Waals surface area contributed by atoms with Gasteiger partial charge >= 0.3 is 11.9 Å². The lowest BCUT2D eigenvalue weighted by Gasteiger charge is -2.49. The van der Waals surface area contributed by atoms with Gasteiger partial charge in [0.25, 0.3) is 0 Å². The van der Waals surface area contributed by atoms with Gasteiger partial charge in [-0.2, -0.15) is 0 Å². The highest BCUT2D eigenvalue weighted by Gasteiger charge is 2.55. The van der Waals surface area contributed by atoms with E-state index >= 15 is 0 Å². The predicted molar refractivity (Wildman–Crippen MR) is 95.7 cm³/mol. The van der Waals surface area contributed by atoms with E-state index in [2.05, 4.69) is 13.2 Å². The minimum absolute atomic E-state index is 0.0517. The van der Waals surface area contributed by atoms with E-state index in [-0.39, 0.29) is 10.8 Å². The molecule has 2 aliphatic rings. The normalized spacial score (nSPS) is 20.5. The maximum Gasteiger partial charge on any atom is 0.335 e. The molecule has 0 heterocycles. The Morgan fingerprint density at radius 3 is 1.69 bits per heavy atom. The Labute approximate surface area is 154 Å². The fraction of sp³-hybridized carbons (Fsp3) is 0.700. The van der Waals surface area contributed by atoms with Gasteiger partial charge in [-0.25, -0.2) is 9.59 Å². The molecule has 0 saturated heterocycles. The van der Waals surface area contributed by atoms with Crippen molar-refractivity contribution in [1.82, 2.24) is 0 Å². The van der Waals surface area contributed by atoms with E-state index < -0.39 is 25.5 Å². The molecule has 0 atom stereocenters. The molecule has 0 amide bonds. The summed E-state index contributed by atoms with van der Waals surface area (Å²) in [4.78, 5) is 24.1. The molecule has 6 heteroatoms. The topological polar surface area (TPSA) is 93.1 Å². The molecule has 2 N–H and O–H groups in total. The second kappa shape index (κ2) is 8.82. The van der Waals surface area contributed by atoms with Crippen LogP contribution in [0.4, 0.5) is 0 Å². The van der Waals surface area contributed by atoms with Gasteiger partial charge in [0.2, 0.25) is 0 Å². The van der Waals surface area contributed by atoms with Crippen molar-refractivity contribution in [3.8, 4) is 0 Å². The molecule has 2 saturated carbocycles. The van der Waals surface area contributed by atoms with Crippen molar-refractivity contribution in [2.45, 2.75) is 64.2 Å². The average Bonchev–Trinajstić information content (AvgIpc) is 2.93. The zero-order valence-electron chi connectivity index (χ0n) is 15.4. The highest BCUT2D eigenvalue weighted by Crippen LogP contribution is 2.64. The molecule has 0 aromatic rings. The number of hydrogen-bond donors (Lipinski definition) is 2. The molecular formula is C20H30O6. The van der Waals surface area contributed by atoms with E-state index in [1.54, 1.807) is 0 Å². The smallest absolute Gasteiger partial charge is 0.335 e. The van der Waals surface area contributed by atoms with Gasteiger partial charge in [0, 0.05) is 11.1 Å². The van der Waals surface area contributed by atoms with Crippen LogP contribution in [0.15, 0.2) is 24.3 Å². The Morgan fingerprint density at radius 1 is 0.769 bits per heavy atom. The summed E-state index contributed by atoms with van der Waals surface area (Å²) in [6.45, 7) is 6.40. The summed E-state index contributed by atoms with van der Waals surface area (Å²) in [6, 6.07) is 0. The lowest BCUT2D eigenvalue weighted by atomic mass is 9.55. The van der Waals surface area contributed by atoms with Gasteiger partial charge < -0.3 is 19.7 Å². The van der Waals surface area contributed by atoms with Crippen LogP contribution in [0, 0.1) is 10.8 Å². The van der Waals surface area contributed by atoms with Crippen molar-refractivity contribution >= 4 is 11.9 Å². The third-order valence-electron chi connectivity index (χ3n) is 6.32. The first-order valence-electron chi connectivity index (χ1n) is 9.31. The SMILES string of the molecule is C=C(CC1(CC(=C)C(=O)OCO)CCCC12CCCCC2)C(=O)OCO. The van der Waals surface area contributed by atoms with Crippen LogP contribution in [-0.4, -0.2) is 35.7 Å². The molecule has 0 aromatic heterocycles. The first kappa shape index (κ1) is 20.6. The van der Waals surface area contributed by atoms with Crippen molar-refractivity contribution in [2.75, 3.05) is 13.6 Å². The third-order valence-corrected chi connectivity index (χ3v) is 6.32. The number of ether oxygens (including phenoxy) is 2. The number of aliphatic hydroxyl groups is 2. The Kier molecular flexibility index (Phi) is 7.01. The molecule has 2 aliphatic carbocycles. The predicted octanol–water partition coefficient (Wildman–Crippen LogP) is 2.99. The molecule has 6 nitrogen and oxygen atoms in total. The fourth-order valence-electron chi connectivity index (χ4n) is 5.20. The minimum Gasteiger partial charge on any atom is -0.435 e. The van der Waals surface area contributed by atoms with Crippen molar-refractivity contribution in [2.24, 2.45) is 10.8 Å². The number of hydrogen-bond acceptors (Lipinski definition) is 6. The Hall–Kier alpha value is -1.66. The number of carbonyl (C=O) groups excluding carboxylic acids is 2. The second-order valence-electron chi connectivity index (χ2n) is 7.66. The second-order valence-corrected chi connectivity index (χ2v) is 7.66. The van der Waals surface area contributed by atoms with Gasteiger partial charge in [-0.05, 0) is 49.4 Å². The van der Waals surface area contributed by atoms with Gasteiger partial charge in [0.05, 0.1) is 0 Å². The highest BCUT2D eigenvalue weighted by molar-refractivity contribution is 5.89. The Bertz CT molecular complexity index is 527. The molecule has 0 bridgehead atoms. The van der Waals surface area contributed by atoms with Crippen LogP contribution in [0.5, 0.6) is 0 Å². The lowest BCUT2D eigenvalue weighted by molar-refractivity contribution is -0.147. The molecule has 0 aromatic carbocycles. The van der Waals surface area contributed by atoms with Crippen molar-refractivity contribution in [3.05, 3.63) is 24.3 Å². The molecule has 1 spiro atoms. The molecule has 0 radical (unpaired) electrons. The van der Waals surface area contributed by atoms with Crippen LogP contribution < -0.4 is 0 Å². The summed E-state index contributed by atoms with van der Waals surface area (Å²) in [5, 5.41) is 17.7. The van der Waals surface area contributed by atoms with E-state index in [0.717, 1.165) is 44.9 Å². The molecule has 146 valence electrons. The lowest BCUT2D eigenvalue weighted by Crippen LogP contribution is -2.41. The summed E-state index contributed by atoms with van der Waals surface area (Å²) < 4.78 is 9.39. The molecule has 0 aliphatic heterocycles. The molecule has 0 unspecified atom stereocenters. The maximum atomic E-state index is 12.0. The van der Waals surface area contributed by atoms with Gasteiger partial charge in [-0.15, -0.1) is 0 Å². The van der Waals surface area contributed by atoms with E-state index in [0.29, 0.717) is 24.0 Å². The molecular weight excluding hydrogens is 336 g/mol. The zero-order valence-corrected chi connectivity index (χ0v) is 15.4. The fourth-order valence-corrected chi connectivity index (χ4v) is 5.20. The van der Waals surface area contributed by atoms with Crippen molar-refractivity contribution < 1.29 is 29.3 Å². The van der Waals surface area contributed by atoms with E-state index in [1.807, 2.05) is 0 Å². The summed E-state index contributed by atoms with van der Waals surface area (Å²) >= 11 is 0. The first-order chi connectivity index (χ1) is 12.4. The summed E-state index contributed by atoms with van der Waals surface area (Å²) in [5.74, 6) is -1.21. The van der Waals surface area contributed by atoms with Gasteiger partial charge in [0.15, 0.2) is 13.6 Å². The summed E-state index contributed by atoms with van der Waals surface area (Å²) in [6.07, 6.45) is 9.43. The van der Waals surface area contributed by atoms with Crippen LogP contribution >= 0.6 is 0 Å². The minimum atomic E-state index is -0.675. The quantitative estimate of drug-likeness (QED) is 0.390. The summed E-state index contributed by atoms with van der Waals surface area (Å²) in [5.41, 5.74) is 0.379. The standard InChI is InChI=1S/C20H30O6/c1-15(17(23)25-13-21)11-20(12-16(2)18(24)26-14-22)10-6-9-19(20)7-4-3-5-8-19/h21-22H,1-14H2. The Balaban J connectivity index is 2.28. The van der Waals surface area contributed by atoms with Gasteiger partial charge in [-0.3, -0.25) is 0 Å². The largest absolute Gasteiger partial charge is 0.435 e. The monoisotopic (exact) mass is 366 g/mol. The average molecular weight is 366 g/mol. The summed E-state index contributed by atoms with van der Waals surface area (Å²) in [7, 11) is 0. The van der Waals surface area contributed by atoms with E-state index in [4.69, 9.17) is 19.7 Å². The maximum absolute atomic E-state index is 12.0. The van der Waals surface area contributed by atoms with Gasteiger partial charge in [-0.1, -0.05) is 38.8 Å². The van der Waals surface area contributed by atoms with Crippen molar-refractivity contribution in [1.29, 1.82) is 0 Å². The molecule has 2 fully saturated rings. The van der Waals surface area contributed by atoms with Crippen LogP contribution in [-0.2, 0) is 19.1 Å². The zero-order chi connectivity index (χ0) is 19.2. The highest BCUT2D eigenvalue weighted by atomic mass is 16.6. The van der Waals surface area contributed by atoms with Gasteiger partial charge in [0.1, 0.15) is 0 Å². The van der Waals surface area contributed by atoms with Crippen LogP contribution in [0.3, 0.4) is 0 Å². The number of rotatable bonds is 8. The number of carbonyl (C=O) groups is 2. The van der Waals surface area contributed by atoms with Crippen LogP contribution in [0.25, 0.3) is 0 Å². The first-order valence-corrected chi connectivity index (χ1v) is 9.31.